The van der Waals surface area contributed by atoms with Crippen LogP contribution in [-0.2, 0) is 27.2 Å². The maximum Gasteiger partial charge on any atom is 0.230 e. The fraction of sp³-hybridized carbons (Fsp3) is 0.389. The van der Waals surface area contributed by atoms with E-state index in [-0.39, 0.29) is 24.3 Å². The van der Waals surface area contributed by atoms with Crippen LogP contribution in [-0.4, -0.2) is 36.1 Å². The van der Waals surface area contributed by atoms with Gasteiger partial charge in [-0.05, 0) is 18.4 Å². The van der Waals surface area contributed by atoms with Crippen LogP contribution in [0.3, 0.4) is 0 Å². The zero-order valence-electron chi connectivity index (χ0n) is 13.9. The van der Waals surface area contributed by atoms with Crippen molar-refractivity contribution in [1.82, 2.24) is 10.3 Å². The van der Waals surface area contributed by atoms with Gasteiger partial charge in [0.15, 0.2) is 5.13 Å². The van der Waals surface area contributed by atoms with Gasteiger partial charge in [-0.3, -0.25) is 9.59 Å². The van der Waals surface area contributed by atoms with Gasteiger partial charge in [-0.25, -0.2) is 4.98 Å². The summed E-state index contributed by atoms with van der Waals surface area (Å²) in [5.74, 6) is -0.196. The van der Waals surface area contributed by atoms with Crippen molar-refractivity contribution in [2.75, 3.05) is 18.5 Å². The highest BCUT2D eigenvalue weighted by Gasteiger charge is 2.17. The zero-order valence-corrected chi connectivity index (χ0v) is 14.7. The SMILES string of the molecule is O=C(Cc1csc(NC(=O)Cc2ccccc2)n1)NCC1CCCO1. The number of hydrogen-bond donors (Lipinski definition) is 2. The predicted octanol–water partition coefficient (Wildman–Crippen LogP) is 2.16. The molecule has 1 atom stereocenters. The number of nitrogens with one attached hydrogen (secondary N) is 2. The summed E-state index contributed by atoms with van der Waals surface area (Å²) in [7, 11) is 0. The van der Waals surface area contributed by atoms with Gasteiger partial charge in [0, 0.05) is 18.5 Å². The Kier molecular flexibility index (Phi) is 6.14. The Morgan fingerprint density at radius 2 is 2.04 bits per heavy atom. The lowest BCUT2D eigenvalue weighted by molar-refractivity contribution is -0.121. The summed E-state index contributed by atoms with van der Waals surface area (Å²) in [4.78, 5) is 28.3. The average Bonchev–Trinajstić information content (AvgIpc) is 3.26. The van der Waals surface area contributed by atoms with Gasteiger partial charge >= 0.3 is 0 Å². The van der Waals surface area contributed by atoms with Crippen molar-refractivity contribution in [2.45, 2.75) is 31.8 Å². The molecular weight excluding hydrogens is 338 g/mol. The van der Waals surface area contributed by atoms with Crippen LogP contribution in [0.2, 0.25) is 0 Å². The summed E-state index contributed by atoms with van der Waals surface area (Å²) >= 11 is 1.33. The first-order valence-corrected chi connectivity index (χ1v) is 9.23. The first-order chi connectivity index (χ1) is 12.2. The number of carbonyl (C=O) groups excluding carboxylic acids is 2. The molecule has 1 aliphatic rings. The second kappa shape index (κ2) is 8.73. The molecule has 0 radical (unpaired) electrons. The van der Waals surface area contributed by atoms with E-state index in [0.717, 1.165) is 25.0 Å². The summed E-state index contributed by atoms with van der Waals surface area (Å²) in [5.41, 5.74) is 1.61. The van der Waals surface area contributed by atoms with E-state index in [1.807, 2.05) is 30.3 Å². The highest BCUT2D eigenvalue weighted by Crippen LogP contribution is 2.16. The van der Waals surface area contributed by atoms with E-state index in [1.165, 1.54) is 11.3 Å². The van der Waals surface area contributed by atoms with Gasteiger partial charge in [0.1, 0.15) is 0 Å². The molecule has 2 N–H and O–H groups in total. The van der Waals surface area contributed by atoms with E-state index in [0.29, 0.717) is 23.8 Å². The zero-order chi connectivity index (χ0) is 17.5. The van der Waals surface area contributed by atoms with E-state index >= 15 is 0 Å². The van der Waals surface area contributed by atoms with Crippen LogP contribution in [0.4, 0.5) is 5.13 Å². The fourth-order valence-corrected chi connectivity index (χ4v) is 3.38. The molecule has 25 heavy (non-hydrogen) atoms. The molecule has 0 bridgehead atoms. The summed E-state index contributed by atoms with van der Waals surface area (Å²) in [5, 5.41) is 7.96. The first kappa shape index (κ1) is 17.6. The molecule has 132 valence electrons. The molecule has 1 saturated heterocycles. The Labute approximate surface area is 150 Å². The molecule has 7 heteroatoms. The molecule has 0 spiro atoms. The maximum atomic E-state index is 12.0. The van der Waals surface area contributed by atoms with Gasteiger partial charge in [0.25, 0.3) is 0 Å². The van der Waals surface area contributed by atoms with Gasteiger partial charge in [0.05, 0.1) is 24.6 Å². The van der Waals surface area contributed by atoms with Crippen molar-refractivity contribution >= 4 is 28.3 Å². The first-order valence-electron chi connectivity index (χ1n) is 8.35. The van der Waals surface area contributed by atoms with Crippen molar-refractivity contribution in [3.05, 3.63) is 47.0 Å². The lowest BCUT2D eigenvalue weighted by Gasteiger charge is -2.09. The molecule has 2 amide bonds. The Balaban J connectivity index is 1.43. The Bertz CT molecular complexity index is 711. The number of anilines is 1. The molecule has 2 heterocycles. The van der Waals surface area contributed by atoms with E-state index in [2.05, 4.69) is 15.6 Å². The Morgan fingerprint density at radius 1 is 1.20 bits per heavy atom. The number of thiazole rings is 1. The largest absolute Gasteiger partial charge is 0.376 e. The molecular formula is C18H21N3O3S. The second-order valence-corrected chi connectivity index (χ2v) is 6.83. The maximum absolute atomic E-state index is 12.0. The quantitative estimate of drug-likeness (QED) is 0.794. The molecule has 2 aromatic rings. The average molecular weight is 359 g/mol. The van der Waals surface area contributed by atoms with Crippen molar-refractivity contribution in [3.63, 3.8) is 0 Å². The minimum Gasteiger partial charge on any atom is -0.376 e. The number of rotatable bonds is 7. The predicted molar refractivity (Wildman–Crippen MR) is 96.6 cm³/mol. The van der Waals surface area contributed by atoms with Gasteiger partial charge < -0.3 is 15.4 Å². The number of carbonyl (C=O) groups is 2. The van der Waals surface area contributed by atoms with Crippen LogP contribution in [0.5, 0.6) is 0 Å². The van der Waals surface area contributed by atoms with Crippen LogP contribution in [0.15, 0.2) is 35.7 Å². The minimum atomic E-state index is -0.116. The van der Waals surface area contributed by atoms with Crippen molar-refractivity contribution < 1.29 is 14.3 Å². The smallest absolute Gasteiger partial charge is 0.230 e. The summed E-state index contributed by atoms with van der Waals surface area (Å²) < 4.78 is 5.47. The number of ether oxygens (including phenoxy) is 1. The van der Waals surface area contributed by atoms with Crippen molar-refractivity contribution in [3.8, 4) is 0 Å². The van der Waals surface area contributed by atoms with Crippen LogP contribution in [0, 0.1) is 0 Å². The summed E-state index contributed by atoms with van der Waals surface area (Å²) in [6.07, 6.45) is 2.69. The number of hydrogen-bond acceptors (Lipinski definition) is 5. The third-order valence-corrected chi connectivity index (χ3v) is 4.70. The topological polar surface area (TPSA) is 80.3 Å². The number of amides is 2. The second-order valence-electron chi connectivity index (χ2n) is 5.97. The normalized spacial score (nSPS) is 16.6. The summed E-state index contributed by atoms with van der Waals surface area (Å²) in [6.45, 7) is 1.32. The molecule has 1 fully saturated rings. The van der Waals surface area contributed by atoms with E-state index in [1.54, 1.807) is 5.38 Å². The molecule has 6 nitrogen and oxygen atoms in total. The van der Waals surface area contributed by atoms with Gasteiger partial charge in [-0.15, -0.1) is 11.3 Å². The van der Waals surface area contributed by atoms with Crippen molar-refractivity contribution in [1.29, 1.82) is 0 Å². The van der Waals surface area contributed by atoms with Gasteiger partial charge in [-0.1, -0.05) is 30.3 Å². The Morgan fingerprint density at radius 3 is 2.80 bits per heavy atom. The number of nitrogens with zero attached hydrogens (tertiary/aromatic N) is 1. The molecule has 3 rings (SSSR count). The van der Waals surface area contributed by atoms with E-state index in [4.69, 9.17) is 4.74 Å². The van der Waals surface area contributed by atoms with Crippen LogP contribution >= 0.6 is 11.3 Å². The lowest BCUT2D eigenvalue weighted by atomic mass is 10.1. The number of aromatic nitrogens is 1. The molecule has 1 aromatic carbocycles. The molecule has 0 saturated carbocycles. The minimum absolute atomic E-state index is 0.0806. The highest BCUT2D eigenvalue weighted by molar-refractivity contribution is 7.13. The fourth-order valence-electron chi connectivity index (χ4n) is 2.65. The van der Waals surface area contributed by atoms with Crippen molar-refractivity contribution in [2.24, 2.45) is 0 Å². The lowest BCUT2D eigenvalue weighted by Crippen LogP contribution is -2.32. The standard InChI is InChI=1S/C18H21N3O3S/c22-16(19-11-15-7-4-8-24-15)10-14-12-25-18(20-14)21-17(23)9-13-5-2-1-3-6-13/h1-3,5-6,12,15H,4,7-11H2,(H,19,22)(H,20,21,23). The third-order valence-electron chi connectivity index (χ3n) is 3.90. The number of benzene rings is 1. The molecule has 0 aliphatic carbocycles. The van der Waals surface area contributed by atoms with E-state index < -0.39 is 0 Å². The summed E-state index contributed by atoms with van der Waals surface area (Å²) in [6, 6.07) is 9.54. The van der Waals surface area contributed by atoms with Gasteiger partial charge in [0.2, 0.25) is 11.8 Å². The molecule has 1 unspecified atom stereocenters. The van der Waals surface area contributed by atoms with Crippen LogP contribution in [0.1, 0.15) is 24.1 Å². The van der Waals surface area contributed by atoms with Crippen LogP contribution in [0.25, 0.3) is 0 Å². The van der Waals surface area contributed by atoms with E-state index in [9.17, 15) is 9.59 Å². The highest BCUT2D eigenvalue weighted by atomic mass is 32.1. The monoisotopic (exact) mass is 359 g/mol. The molecule has 1 aromatic heterocycles. The molecule has 1 aliphatic heterocycles. The Hall–Kier alpha value is -2.25. The van der Waals surface area contributed by atoms with Gasteiger partial charge in [-0.2, -0.15) is 0 Å². The van der Waals surface area contributed by atoms with Crippen LogP contribution < -0.4 is 10.6 Å². The third kappa shape index (κ3) is 5.65.